The topological polar surface area (TPSA) is 255 Å². The molecule has 0 spiro atoms. The second-order valence-electron chi connectivity index (χ2n) is 10.7. The molecule has 0 aliphatic carbocycles. The molecule has 5 rings (SSSR count). The monoisotopic (exact) mass is 636 g/mol. The molecule has 2 aliphatic heterocycles. The molecule has 0 saturated carbocycles. The minimum absolute atomic E-state index is 0.0982. The van der Waals surface area contributed by atoms with Crippen LogP contribution in [0.25, 0.3) is 22.3 Å². The molecule has 2 saturated heterocycles. The molecule has 0 amide bonds. The quantitative estimate of drug-likeness (QED) is 0.147. The maximum atomic E-state index is 13.6. The second-order valence-corrected chi connectivity index (χ2v) is 10.7. The van der Waals surface area contributed by atoms with Crippen LogP contribution in [0.15, 0.2) is 45.6 Å². The maximum absolute atomic E-state index is 13.6. The van der Waals surface area contributed by atoms with Gasteiger partial charge >= 0.3 is 5.97 Å². The number of carbonyl (C=O) groups excluding carboxylic acids is 1. The summed E-state index contributed by atoms with van der Waals surface area (Å²) in [5.41, 5.74) is -0.909. The Balaban J connectivity index is 1.45. The lowest BCUT2D eigenvalue weighted by Crippen LogP contribution is -2.64. The van der Waals surface area contributed by atoms with Gasteiger partial charge in [0.15, 0.2) is 18.2 Å². The summed E-state index contributed by atoms with van der Waals surface area (Å²) in [4.78, 5) is 25.3. The van der Waals surface area contributed by atoms with Gasteiger partial charge in [-0.15, -0.1) is 0 Å². The Morgan fingerprint density at radius 3 is 2.18 bits per heavy atom. The van der Waals surface area contributed by atoms with Crippen LogP contribution in [0.4, 0.5) is 0 Å². The van der Waals surface area contributed by atoms with Crippen LogP contribution in [-0.4, -0.2) is 115 Å². The lowest BCUT2D eigenvalue weighted by atomic mass is 9.97. The van der Waals surface area contributed by atoms with Crippen molar-refractivity contribution in [3.05, 3.63) is 46.6 Å². The van der Waals surface area contributed by atoms with Gasteiger partial charge in [-0.2, -0.15) is 0 Å². The Labute approximate surface area is 253 Å². The van der Waals surface area contributed by atoms with E-state index in [0.29, 0.717) is 0 Å². The minimum atomic E-state index is -1.91. The molecule has 16 heteroatoms. The molecule has 2 aromatic carbocycles. The molecule has 0 unspecified atom stereocenters. The molecule has 2 fully saturated rings. The lowest BCUT2D eigenvalue weighted by Gasteiger charge is -2.46. The highest BCUT2D eigenvalue weighted by Crippen LogP contribution is 2.38. The van der Waals surface area contributed by atoms with Gasteiger partial charge < -0.3 is 69.0 Å². The van der Waals surface area contributed by atoms with Crippen LogP contribution in [0, 0.1) is 0 Å². The summed E-state index contributed by atoms with van der Waals surface area (Å²) < 4.78 is 33.7. The SMILES string of the molecule is CC(=O)O[C@@H]1[C@@H](O[C@H]2[C@H](O)[C@H](O)[C@H](Oc3c(-c4ccc(O)cc4)oc4cc(O)cc(O)c4c3=O)O[C@@H]2C)O[C@@H](CO)[C@H](O)[C@H]1O. The van der Waals surface area contributed by atoms with E-state index in [2.05, 4.69) is 0 Å². The van der Waals surface area contributed by atoms with Gasteiger partial charge in [-0.3, -0.25) is 9.59 Å². The molecular formula is C29H32O16. The second kappa shape index (κ2) is 12.8. The van der Waals surface area contributed by atoms with Crippen molar-refractivity contribution in [3.8, 4) is 34.3 Å². The molecule has 1 aromatic heterocycles. The van der Waals surface area contributed by atoms with E-state index in [1.54, 1.807) is 0 Å². The molecule has 244 valence electrons. The van der Waals surface area contributed by atoms with Crippen molar-refractivity contribution < 1.29 is 73.7 Å². The Hall–Kier alpha value is -4.00. The minimum Gasteiger partial charge on any atom is -0.508 e. The number of aromatic hydroxyl groups is 3. The zero-order valence-corrected chi connectivity index (χ0v) is 23.8. The number of hydrogen-bond acceptors (Lipinski definition) is 16. The van der Waals surface area contributed by atoms with Crippen LogP contribution in [0.3, 0.4) is 0 Å². The average molecular weight is 637 g/mol. The third-order valence-corrected chi connectivity index (χ3v) is 7.48. The van der Waals surface area contributed by atoms with Gasteiger partial charge in [-0.1, -0.05) is 0 Å². The van der Waals surface area contributed by atoms with Crippen molar-refractivity contribution >= 4 is 16.9 Å². The first-order valence-corrected chi connectivity index (χ1v) is 13.8. The first kappa shape index (κ1) is 32.4. The fourth-order valence-corrected chi connectivity index (χ4v) is 5.22. The zero-order chi connectivity index (χ0) is 32.7. The Kier molecular flexibility index (Phi) is 9.20. The largest absolute Gasteiger partial charge is 0.508 e. The first-order valence-electron chi connectivity index (χ1n) is 13.8. The smallest absolute Gasteiger partial charge is 0.303 e. The Morgan fingerprint density at radius 2 is 1.53 bits per heavy atom. The van der Waals surface area contributed by atoms with E-state index in [0.717, 1.165) is 19.1 Å². The summed E-state index contributed by atoms with van der Waals surface area (Å²) in [6.07, 6.45) is -16.0. The van der Waals surface area contributed by atoms with E-state index >= 15 is 0 Å². The van der Waals surface area contributed by atoms with Crippen LogP contribution in [0.2, 0.25) is 0 Å². The number of aliphatic hydroxyl groups is 5. The molecule has 3 aromatic rings. The highest BCUT2D eigenvalue weighted by Gasteiger charge is 2.52. The van der Waals surface area contributed by atoms with Crippen molar-refractivity contribution in [2.24, 2.45) is 0 Å². The van der Waals surface area contributed by atoms with Crippen LogP contribution < -0.4 is 10.2 Å². The zero-order valence-electron chi connectivity index (χ0n) is 23.8. The third-order valence-electron chi connectivity index (χ3n) is 7.48. The van der Waals surface area contributed by atoms with E-state index in [-0.39, 0.29) is 28.0 Å². The summed E-state index contributed by atoms with van der Waals surface area (Å²) in [6, 6.07) is 7.40. The van der Waals surface area contributed by atoms with Gasteiger partial charge in [0.25, 0.3) is 0 Å². The fraction of sp³-hybridized carbons (Fsp3) is 0.448. The summed E-state index contributed by atoms with van der Waals surface area (Å²) >= 11 is 0. The van der Waals surface area contributed by atoms with Crippen molar-refractivity contribution in [2.75, 3.05) is 6.61 Å². The summed E-state index contributed by atoms with van der Waals surface area (Å²) in [7, 11) is 0. The summed E-state index contributed by atoms with van der Waals surface area (Å²) in [5.74, 6) is -2.75. The van der Waals surface area contributed by atoms with E-state index < -0.39 is 96.7 Å². The number of aliphatic hydroxyl groups excluding tert-OH is 5. The first-order chi connectivity index (χ1) is 21.3. The molecule has 2 aliphatic rings. The highest BCUT2D eigenvalue weighted by molar-refractivity contribution is 5.88. The Bertz CT molecular complexity index is 1590. The predicted octanol–water partition coefficient (Wildman–Crippen LogP) is -0.822. The van der Waals surface area contributed by atoms with Crippen LogP contribution >= 0.6 is 0 Å². The number of carbonyl (C=O) groups is 1. The highest BCUT2D eigenvalue weighted by atomic mass is 16.7. The van der Waals surface area contributed by atoms with E-state index in [4.69, 9.17) is 28.1 Å². The molecule has 0 radical (unpaired) electrons. The van der Waals surface area contributed by atoms with Crippen LogP contribution in [-0.2, 0) is 23.7 Å². The maximum Gasteiger partial charge on any atom is 0.303 e. The summed E-state index contributed by atoms with van der Waals surface area (Å²) in [6.45, 7) is 1.71. The van der Waals surface area contributed by atoms with Gasteiger partial charge in [0.2, 0.25) is 17.5 Å². The number of hydrogen-bond donors (Lipinski definition) is 8. The average Bonchev–Trinajstić information content (AvgIpc) is 2.98. The number of ether oxygens (including phenoxy) is 5. The number of fused-ring (bicyclic) bond motifs is 1. The number of phenolic OH excluding ortho intramolecular Hbond substituents is 3. The predicted molar refractivity (Wildman–Crippen MR) is 148 cm³/mol. The molecule has 8 N–H and O–H groups in total. The molecule has 45 heavy (non-hydrogen) atoms. The van der Waals surface area contributed by atoms with Gasteiger partial charge in [-0.05, 0) is 31.2 Å². The fourth-order valence-electron chi connectivity index (χ4n) is 5.22. The number of esters is 1. The van der Waals surface area contributed by atoms with Gasteiger partial charge in [-0.25, -0.2) is 0 Å². The van der Waals surface area contributed by atoms with E-state index in [1.165, 1.54) is 31.2 Å². The van der Waals surface area contributed by atoms with Crippen LogP contribution in [0.1, 0.15) is 13.8 Å². The van der Waals surface area contributed by atoms with Crippen molar-refractivity contribution in [3.63, 3.8) is 0 Å². The van der Waals surface area contributed by atoms with E-state index in [9.17, 15) is 50.4 Å². The third kappa shape index (κ3) is 6.27. The number of phenols is 3. The van der Waals surface area contributed by atoms with Crippen molar-refractivity contribution in [2.45, 2.75) is 75.3 Å². The lowest BCUT2D eigenvalue weighted by molar-refractivity contribution is -0.349. The van der Waals surface area contributed by atoms with Gasteiger partial charge in [0, 0.05) is 24.6 Å². The Morgan fingerprint density at radius 1 is 0.867 bits per heavy atom. The van der Waals surface area contributed by atoms with Gasteiger partial charge in [0.1, 0.15) is 64.8 Å². The molecule has 10 atom stereocenters. The molecule has 0 bridgehead atoms. The standard InChI is InChI=1S/C29H32O16/c1-10-24(44-29-27(41-11(2)31)21(37)19(35)17(9-30)43-29)22(38)23(39)28(40-10)45-26-20(36)18-15(34)7-14(33)8-16(18)42-25(26)12-3-5-13(32)6-4-12/h3-8,10,17,19,21-24,27-30,32-35,37-39H,9H2,1-2H3/t10-,17+,19+,21-,22-,23+,24-,27+,28+,29-/m1/s1. The number of benzene rings is 2. The van der Waals surface area contributed by atoms with Gasteiger partial charge in [0.05, 0.1) is 12.7 Å². The normalized spacial score (nSPS) is 31.9. The molecule has 3 heterocycles. The molecular weight excluding hydrogens is 604 g/mol. The van der Waals surface area contributed by atoms with Crippen molar-refractivity contribution in [1.29, 1.82) is 0 Å². The van der Waals surface area contributed by atoms with Crippen molar-refractivity contribution in [1.82, 2.24) is 0 Å². The number of rotatable bonds is 7. The van der Waals surface area contributed by atoms with Crippen LogP contribution in [0.5, 0.6) is 23.0 Å². The molecule has 16 nitrogen and oxygen atoms in total. The summed E-state index contributed by atoms with van der Waals surface area (Å²) in [5, 5.41) is 82.1. The van der Waals surface area contributed by atoms with E-state index in [1.807, 2.05) is 0 Å².